The number of ether oxygens (including phenoxy) is 1. The Hall–Kier alpha value is -3.32. The number of methoxy groups -OCH3 is 1. The monoisotopic (exact) mass is 438 g/mol. The third-order valence-electron chi connectivity index (χ3n) is 4.95. The van der Waals surface area contributed by atoms with E-state index in [9.17, 15) is 13.2 Å². The molecular weight excluding hydrogens is 412 g/mol. The number of sulfonamides is 1. The summed E-state index contributed by atoms with van der Waals surface area (Å²) in [6, 6.07) is 23.3. The number of para-hydroxylation sites is 1. The van der Waals surface area contributed by atoms with Crippen LogP contribution in [0.1, 0.15) is 34.5 Å². The first kappa shape index (κ1) is 22.4. The quantitative estimate of drug-likeness (QED) is 0.573. The molecule has 0 unspecified atom stereocenters. The van der Waals surface area contributed by atoms with Crippen LogP contribution in [-0.2, 0) is 16.6 Å². The van der Waals surface area contributed by atoms with Crippen molar-refractivity contribution in [3.05, 3.63) is 95.6 Å². The summed E-state index contributed by atoms with van der Waals surface area (Å²) in [4.78, 5) is 12.6. The number of rotatable bonds is 8. The second-order valence-corrected chi connectivity index (χ2v) is 9.18. The standard InChI is InChI=1S/C24H26N2O4S/c1-18(20-13-15-23(30-2)16-14-20)25-24(27)21-11-9-19(10-12-21)17-26(31(3,28)29)22-7-5-4-6-8-22/h4-16,18H,17H2,1-3H3,(H,25,27)/t18-/m0/s1. The minimum absolute atomic E-state index is 0.170. The predicted octanol–water partition coefficient (Wildman–Crippen LogP) is 4.15. The van der Waals surface area contributed by atoms with Gasteiger partial charge in [-0.25, -0.2) is 8.42 Å². The fraction of sp³-hybridized carbons (Fsp3) is 0.208. The predicted molar refractivity (Wildman–Crippen MR) is 123 cm³/mol. The van der Waals surface area contributed by atoms with Gasteiger partial charge in [-0.2, -0.15) is 0 Å². The molecule has 0 heterocycles. The molecule has 0 aromatic heterocycles. The summed E-state index contributed by atoms with van der Waals surface area (Å²) in [6.45, 7) is 2.10. The topological polar surface area (TPSA) is 75.7 Å². The zero-order chi connectivity index (χ0) is 22.4. The number of amides is 1. The van der Waals surface area contributed by atoms with Crippen LogP contribution in [-0.4, -0.2) is 27.7 Å². The Kier molecular flexibility index (Phi) is 6.97. The summed E-state index contributed by atoms with van der Waals surface area (Å²) in [5, 5.41) is 2.97. The van der Waals surface area contributed by atoms with Crippen molar-refractivity contribution in [2.24, 2.45) is 0 Å². The molecule has 1 atom stereocenters. The highest BCUT2D eigenvalue weighted by Gasteiger charge is 2.18. The van der Waals surface area contributed by atoms with Crippen LogP contribution in [0.2, 0.25) is 0 Å². The summed E-state index contributed by atoms with van der Waals surface area (Å²) in [6.07, 6.45) is 1.18. The number of nitrogens with one attached hydrogen (secondary N) is 1. The van der Waals surface area contributed by atoms with Gasteiger partial charge in [0.2, 0.25) is 10.0 Å². The van der Waals surface area contributed by atoms with E-state index in [4.69, 9.17) is 4.74 Å². The van der Waals surface area contributed by atoms with Crippen LogP contribution in [0.4, 0.5) is 5.69 Å². The van der Waals surface area contributed by atoms with Crippen molar-refractivity contribution in [2.45, 2.75) is 19.5 Å². The van der Waals surface area contributed by atoms with Gasteiger partial charge in [-0.15, -0.1) is 0 Å². The minimum Gasteiger partial charge on any atom is -0.497 e. The maximum Gasteiger partial charge on any atom is 0.251 e. The van der Waals surface area contributed by atoms with Gasteiger partial charge in [0.05, 0.1) is 31.6 Å². The Morgan fingerprint density at radius 3 is 2.13 bits per heavy atom. The normalized spacial score (nSPS) is 12.1. The maximum absolute atomic E-state index is 12.6. The van der Waals surface area contributed by atoms with E-state index in [0.717, 1.165) is 16.9 Å². The zero-order valence-corrected chi connectivity index (χ0v) is 18.6. The van der Waals surface area contributed by atoms with E-state index in [1.54, 1.807) is 55.6 Å². The molecule has 31 heavy (non-hydrogen) atoms. The van der Waals surface area contributed by atoms with E-state index in [0.29, 0.717) is 11.3 Å². The molecule has 3 aromatic rings. The summed E-state index contributed by atoms with van der Waals surface area (Å²) in [7, 11) is -1.84. The fourth-order valence-electron chi connectivity index (χ4n) is 3.18. The number of nitrogens with zero attached hydrogens (tertiary/aromatic N) is 1. The minimum atomic E-state index is -3.45. The summed E-state index contributed by atoms with van der Waals surface area (Å²) >= 11 is 0. The summed E-state index contributed by atoms with van der Waals surface area (Å²) in [5.41, 5.74) is 2.86. The Labute approximate surface area is 183 Å². The molecule has 0 radical (unpaired) electrons. The smallest absolute Gasteiger partial charge is 0.251 e. The highest BCUT2D eigenvalue weighted by molar-refractivity contribution is 7.92. The first-order valence-electron chi connectivity index (χ1n) is 9.84. The number of carbonyl (C=O) groups is 1. The average Bonchev–Trinajstić information content (AvgIpc) is 2.77. The Morgan fingerprint density at radius 1 is 0.968 bits per heavy atom. The molecule has 1 N–H and O–H groups in total. The van der Waals surface area contributed by atoms with E-state index in [2.05, 4.69) is 5.32 Å². The zero-order valence-electron chi connectivity index (χ0n) is 17.8. The van der Waals surface area contributed by atoms with E-state index in [-0.39, 0.29) is 18.5 Å². The summed E-state index contributed by atoms with van der Waals surface area (Å²) < 4.78 is 31.0. The molecule has 0 saturated heterocycles. The van der Waals surface area contributed by atoms with Crippen LogP contribution in [0.3, 0.4) is 0 Å². The first-order valence-corrected chi connectivity index (χ1v) is 11.7. The molecular formula is C24H26N2O4S. The fourth-order valence-corrected chi connectivity index (χ4v) is 4.07. The molecule has 0 aliphatic heterocycles. The number of anilines is 1. The van der Waals surface area contributed by atoms with Crippen LogP contribution in [0.5, 0.6) is 5.75 Å². The van der Waals surface area contributed by atoms with Gasteiger partial charge in [-0.05, 0) is 54.4 Å². The maximum atomic E-state index is 12.6. The van der Waals surface area contributed by atoms with Crippen LogP contribution < -0.4 is 14.4 Å². The molecule has 0 bridgehead atoms. The van der Waals surface area contributed by atoms with Gasteiger partial charge in [0.1, 0.15) is 5.75 Å². The van der Waals surface area contributed by atoms with Crippen LogP contribution in [0.25, 0.3) is 0 Å². The molecule has 3 aromatic carbocycles. The van der Waals surface area contributed by atoms with Crippen molar-refractivity contribution in [3.8, 4) is 5.75 Å². The number of hydrogen-bond acceptors (Lipinski definition) is 4. The molecule has 3 rings (SSSR count). The Morgan fingerprint density at radius 2 is 1.58 bits per heavy atom. The second-order valence-electron chi connectivity index (χ2n) is 7.27. The molecule has 0 spiro atoms. The largest absolute Gasteiger partial charge is 0.497 e. The Bertz CT molecular complexity index is 1110. The third kappa shape index (κ3) is 5.86. The van der Waals surface area contributed by atoms with E-state index >= 15 is 0 Å². The molecule has 7 heteroatoms. The molecule has 0 fully saturated rings. The van der Waals surface area contributed by atoms with Gasteiger partial charge >= 0.3 is 0 Å². The number of benzene rings is 3. The van der Waals surface area contributed by atoms with Crippen molar-refractivity contribution >= 4 is 21.6 Å². The Balaban J connectivity index is 1.69. The molecule has 0 aliphatic carbocycles. The SMILES string of the molecule is COc1ccc([C@H](C)NC(=O)c2ccc(CN(c3ccccc3)S(C)(=O)=O)cc2)cc1. The lowest BCUT2D eigenvalue weighted by Gasteiger charge is -2.22. The molecule has 0 aliphatic rings. The highest BCUT2D eigenvalue weighted by Crippen LogP contribution is 2.21. The lowest BCUT2D eigenvalue weighted by Crippen LogP contribution is -2.29. The average molecular weight is 439 g/mol. The van der Waals surface area contributed by atoms with E-state index in [1.165, 1.54) is 10.6 Å². The lowest BCUT2D eigenvalue weighted by atomic mass is 10.1. The van der Waals surface area contributed by atoms with Crippen LogP contribution in [0, 0.1) is 0 Å². The van der Waals surface area contributed by atoms with Gasteiger partial charge in [0, 0.05) is 5.56 Å². The van der Waals surface area contributed by atoms with Crippen molar-refractivity contribution in [1.29, 1.82) is 0 Å². The van der Waals surface area contributed by atoms with Gasteiger partial charge in [0.15, 0.2) is 0 Å². The van der Waals surface area contributed by atoms with Crippen LogP contribution in [0.15, 0.2) is 78.9 Å². The summed E-state index contributed by atoms with van der Waals surface area (Å²) in [5.74, 6) is 0.564. The van der Waals surface area contributed by atoms with Crippen molar-refractivity contribution in [2.75, 3.05) is 17.7 Å². The molecule has 0 saturated carbocycles. The van der Waals surface area contributed by atoms with Crippen LogP contribution >= 0.6 is 0 Å². The third-order valence-corrected chi connectivity index (χ3v) is 6.09. The van der Waals surface area contributed by atoms with Gasteiger partial charge in [-0.1, -0.05) is 42.5 Å². The second kappa shape index (κ2) is 9.66. The lowest BCUT2D eigenvalue weighted by molar-refractivity contribution is 0.0940. The molecule has 1 amide bonds. The van der Waals surface area contributed by atoms with Gasteiger partial charge < -0.3 is 10.1 Å². The number of hydrogen-bond donors (Lipinski definition) is 1. The number of carbonyl (C=O) groups excluding carboxylic acids is 1. The van der Waals surface area contributed by atoms with Gasteiger partial charge in [0.25, 0.3) is 5.91 Å². The van der Waals surface area contributed by atoms with Crippen molar-refractivity contribution in [1.82, 2.24) is 5.32 Å². The van der Waals surface area contributed by atoms with E-state index in [1.807, 2.05) is 37.3 Å². The first-order chi connectivity index (χ1) is 14.8. The van der Waals surface area contributed by atoms with Crippen molar-refractivity contribution in [3.63, 3.8) is 0 Å². The molecule has 6 nitrogen and oxygen atoms in total. The van der Waals surface area contributed by atoms with Crippen molar-refractivity contribution < 1.29 is 17.9 Å². The van der Waals surface area contributed by atoms with E-state index < -0.39 is 10.0 Å². The molecule has 162 valence electrons. The van der Waals surface area contributed by atoms with Gasteiger partial charge in [-0.3, -0.25) is 9.10 Å². The highest BCUT2D eigenvalue weighted by atomic mass is 32.2.